The van der Waals surface area contributed by atoms with Crippen molar-refractivity contribution in [3.05, 3.63) is 27.3 Å². The summed E-state index contributed by atoms with van der Waals surface area (Å²) in [5.74, 6) is 1.15. The molecular weight excluding hydrogens is 267 g/mol. The molecule has 1 aromatic carbocycles. The van der Waals surface area contributed by atoms with Crippen molar-refractivity contribution in [2.45, 2.75) is 18.7 Å². The molecule has 0 heterocycles. The highest BCUT2D eigenvalue weighted by Crippen LogP contribution is 2.23. The summed E-state index contributed by atoms with van der Waals surface area (Å²) in [5, 5.41) is 0. The molecular formula is C9H11IS. The maximum atomic E-state index is 2.35. The predicted molar refractivity (Wildman–Crippen MR) is 60.3 cm³/mol. The van der Waals surface area contributed by atoms with Crippen LogP contribution < -0.4 is 0 Å². The SMILES string of the molecule is CCSc1cc(I)ccc1C. The molecule has 0 atom stereocenters. The van der Waals surface area contributed by atoms with Crippen LogP contribution in [0.15, 0.2) is 23.1 Å². The van der Waals surface area contributed by atoms with E-state index in [0.29, 0.717) is 0 Å². The van der Waals surface area contributed by atoms with E-state index in [2.05, 4.69) is 54.6 Å². The van der Waals surface area contributed by atoms with Gasteiger partial charge >= 0.3 is 0 Å². The predicted octanol–water partition coefficient (Wildman–Crippen LogP) is 3.71. The topological polar surface area (TPSA) is 0 Å². The summed E-state index contributed by atoms with van der Waals surface area (Å²) in [4.78, 5) is 1.42. The molecule has 0 unspecified atom stereocenters. The fourth-order valence-electron chi connectivity index (χ4n) is 0.885. The summed E-state index contributed by atoms with van der Waals surface area (Å²) in [7, 11) is 0. The van der Waals surface area contributed by atoms with E-state index < -0.39 is 0 Å². The highest BCUT2D eigenvalue weighted by atomic mass is 127. The van der Waals surface area contributed by atoms with E-state index in [1.807, 2.05) is 11.8 Å². The Hall–Kier alpha value is 0.300. The molecule has 0 aliphatic rings. The molecule has 0 amide bonds. The van der Waals surface area contributed by atoms with E-state index in [-0.39, 0.29) is 0 Å². The van der Waals surface area contributed by atoms with E-state index in [1.54, 1.807) is 0 Å². The van der Waals surface area contributed by atoms with E-state index in [0.717, 1.165) is 5.75 Å². The molecule has 1 aromatic rings. The Morgan fingerprint density at radius 1 is 1.45 bits per heavy atom. The zero-order valence-electron chi connectivity index (χ0n) is 6.73. The molecule has 0 bridgehead atoms. The maximum Gasteiger partial charge on any atom is 0.0141 e. The summed E-state index contributed by atoms with van der Waals surface area (Å²) in [6.07, 6.45) is 0. The van der Waals surface area contributed by atoms with Crippen LogP contribution in [0.1, 0.15) is 12.5 Å². The monoisotopic (exact) mass is 278 g/mol. The van der Waals surface area contributed by atoms with Gasteiger partial charge in [0.15, 0.2) is 0 Å². The standard InChI is InChI=1S/C9H11IS/c1-3-11-9-6-8(10)5-4-7(9)2/h4-6H,3H2,1-2H3. The molecule has 60 valence electrons. The summed E-state index contributed by atoms with van der Waals surface area (Å²) in [6, 6.07) is 6.57. The van der Waals surface area contributed by atoms with Crippen molar-refractivity contribution >= 4 is 34.4 Å². The molecule has 0 aliphatic heterocycles. The van der Waals surface area contributed by atoms with Gasteiger partial charge in [0.1, 0.15) is 0 Å². The van der Waals surface area contributed by atoms with Crippen LogP contribution in [0, 0.1) is 10.5 Å². The van der Waals surface area contributed by atoms with Gasteiger partial charge in [-0.3, -0.25) is 0 Å². The van der Waals surface area contributed by atoms with Crippen molar-refractivity contribution < 1.29 is 0 Å². The first-order valence-electron chi connectivity index (χ1n) is 3.63. The van der Waals surface area contributed by atoms with Crippen LogP contribution in [0.4, 0.5) is 0 Å². The van der Waals surface area contributed by atoms with Gasteiger partial charge in [-0.05, 0) is 53.0 Å². The van der Waals surface area contributed by atoms with Crippen molar-refractivity contribution in [1.29, 1.82) is 0 Å². The summed E-state index contributed by atoms with van der Waals surface area (Å²) < 4.78 is 1.32. The summed E-state index contributed by atoms with van der Waals surface area (Å²) >= 11 is 4.26. The van der Waals surface area contributed by atoms with Crippen molar-refractivity contribution in [1.82, 2.24) is 0 Å². The lowest BCUT2D eigenvalue weighted by atomic mass is 10.2. The Kier molecular flexibility index (Phi) is 3.72. The Morgan fingerprint density at radius 3 is 2.82 bits per heavy atom. The molecule has 11 heavy (non-hydrogen) atoms. The first-order chi connectivity index (χ1) is 5.24. The van der Waals surface area contributed by atoms with Gasteiger partial charge in [0.05, 0.1) is 0 Å². The normalized spacial score (nSPS) is 10.1. The fourth-order valence-corrected chi connectivity index (χ4v) is 2.40. The van der Waals surface area contributed by atoms with Gasteiger partial charge in [0, 0.05) is 8.47 Å². The Bertz CT molecular complexity index is 245. The minimum absolute atomic E-state index is 1.15. The van der Waals surface area contributed by atoms with Crippen molar-refractivity contribution in [3.8, 4) is 0 Å². The lowest BCUT2D eigenvalue weighted by Crippen LogP contribution is -1.81. The van der Waals surface area contributed by atoms with Crippen LogP contribution in [0.25, 0.3) is 0 Å². The van der Waals surface area contributed by atoms with E-state index in [1.165, 1.54) is 14.0 Å². The minimum Gasteiger partial charge on any atom is -0.126 e. The Labute approximate surface area is 85.9 Å². The zero-order valence-corrected chi connectivity index (χ0v) is 9.70. The molecule has 0 radical (unpaired) electrons. The lowest BCUT2D eigenvalue weighted by molar-refractivity contribution is 1.28. The molecule has 0 saturated heterocycles. The maximum absolute atomic E-state index is 2.35. The number of halogens is 1. The van der Waals surface area contributed by atoms with E-state index in [4.69, 9.17) is 0 Å². The van der Waals surface area contributed by atoms with Gasteiger partial charge in [-0.15, -0.1) is 11.8 Å². The molecule has 0 nitrogen and oxygen atoms in total. The molecule has 0 N–H and O–H groups in total. The van der Waals surface area contributed by atoms with Gasteiger partial charge in [0.25, 0.3) is 0 Å². The quantitative estimate of drug-likeness (QED) is 0.587. The largest absolute Gasteiger partial charge is 0.126 e. The Morgan fingerprint density at radius 2 is 2.18 bits per heavy atom. The second kappa shape index (κ2) is 4.36. The molecule has 0 spiro atoms. The number of hydrogen-bond acceptors (Lipinski definition) is 1. The average Bonchev–Trinajstić information content (AvgIpc) is 1.98. The molecule has 0 aromatic heterocycles. The van der Waals surface area contributed by atoms with E-state index in [9.17, 15) is 0 Å². The molecule has 1 rings (SSSR count). The van der Waals surface area contributed by atoms with E-state index >= 15 is 0 Å². The highest BCUT2D eigenvalue weighted by molar-refractivity contribution is 14.1. The van der Waals surface area contributed by atoms with Crippen LogP contribution in [0.5, 0.6) is 0 Å². The highest BCUT2D eigenvalue weighted by Gasteiger charge is 1.97. The second-order valence-corrected chi connectivity index (χ2v) is 4.89. The van der Waals surface area contributed by atoms with Crippen molar-refractivity contribution in [3.63, 3.8) is 0 Å². The number of aryl methyl sites for hydroxylation is 1. The third-order valence-corrected chi connectivity index (χ3v) is 3.16. The summed E-state index contributed by atoms with van der Waals surface area (Å²) in [5.41, 5.74) is 1.39. The van der Waals surface area contributed by atoms with Gasteiger partial charge in [-0.1, -0.05) is 13.0 Å². The van der Waals surface area contributed by atoms with Gasteiger partial charge in [0.2, 0.25) is 0 Å². The van der Waals surface area contributed by atoms with Crippen LogP contribution in [-0.2, 0) is 0 Å². The smallest absolute Gasteiger partial charge is 0.0141 e. The van der Waals surface area contributed by atoms with Crippen molar-refractivity contribution in [2.75, 3.05) is 5.75 Å². The molecule has 0 saturated carbocycles. The zero-order chi connectivity index (χ0) is 8.27. The first kappa shape index (κ1) is 9.39. The van der Waals surface area contributed by atoms with Gasteiger partial charge < -0.3 is 0 Å². The first-order valence-corrected chi connectivity index (χ1v) is 5.69. The molecule has 0 aliphatic carbocycles. The van der Waals surface area contributed by atoms with Gasteiger partial charge in [-0.2, -0.15) is 0 Å². The summed E-state index contributed by atoms with van der Waals surface area (Å²) in [6.45, 7) is 4.35. The van der Waals surface area contributed by atoms with Gasteiger partial charge in [-0.25, -0.2) is 0 Å². The van der Waals surface area contributed by atoms with Crippen LogP contribution in [-0.4, -0.2) is 5.75 Å². The fraction of sp³-hybridized carbons (Fsp3) is 0.333. The average molecular weight is 278 g/mol. The third-order valence-electron chi connectivity index (χ3n) is 1.45. The second-order valence-electron chi connectivity index (χ2n) is 2.34. The van der Waals surface area contributed by atoms with Crippen LogP contribution >= 0.6 is 34.4 Å². The Balaban J connectivity index is 2.93. The molecule has 0 fully saturated rings. The third kappa shape index (κ3) is 2.67. The number of rotatable bonds is 2. The number of hydrogen-bond donors (Lipinski definition) is 0. The van der Waals surface area contributed by atoms with Crippen LogP contribution in [0.2, 0.25) is 0 Å². The van der Waals surface area contributed by atoms with Crippen LogP contribution in [0.3, 0.4) is 0 Å². The molecule has 2 heteroatoms. The number of thioether (sulfide) groups is 1. The number of benzene rings is 1. The minimum atomic E-state index is 1.15. The lowest BCUT2D eigenvalue weighted by Gasteiger charge is -2.03. The van der Waals surface area contributed by atoms with Crippen molar-refractivity contribution in [2.24, 2.45) is 0 Å².